The van der Waals surface area contributed by atoms with Gasteiger partial charge in [-0.1, -0.05) is 41.9 Å². The van der Waals surface area contributed by atoms with Gasteiger partial charge in [-0.25, -0.2) is 4.63 Å². The summed E-state index contributed by atoms with van der Waals surface area (Å²) in [6.45, 7) is 7.52. The smallest absolute Gasteiger partial charge is 0.139 e. The molecule has 1 saturated heterocycles. The number of likely N-dealkylation sites (tertiary alicyclic amines) is 1. The number of hydrogen-bond acceptors (Lipinski definition) is 4. The zero-order valence-corrected chi connectivity index (χ0v) is 12.2. The molecule has 4 heteroatoms. The zero-order chi connectivity index (χ0) is 13.9. The van der Waals surface area contributed by atoms with Crippen molar-refractivity contribution in [3.05, 3.63) is 35.5 Å². The minimum absolute atomic E-state index is 0.833. The molecule has 0 atom stereocenters. The number of aromatic nitrogens is 2. The second-order valence-corrected chi connectivity index (χ2v) is 5.88. The van der Waals surface area contributed by atoms with Crippen molar-refractivity contribution in [1.82, 2.24) is 15.2 Å². The van der Waals surface area contributed by atoms with E-state index in [4.69, 9.17) is 4.63 Å². The lowest BCUT2D eigenvalue weighted by molar-refractivity contribution is 0.180. The van der Waals surface area contributed by atoms with Crippen LogP contribution in [0.15, 0.2) is 28.9 Å². The van der Waals surface area contributed by atoms with E-state index in [1.807, 2.05) is 0 Å². The van der Waals surface area contributed by atoms with Crippen LogP contribution in [0.1, 0.15) is 31.0 Å². The van der Waals surface area contributed by atoms with Crippen molar-refractivity contribution in [3.8, 4) is 11.3 Å². The van der Waals surface area contributed by atoms with Crippen LogP contribution in [0, 0.1) is 12.8 Å². The molecular weight excluding hydrogens is 250 g/mol. The lowest BCUT2D eigenvalue weighted by Crippen LogP contribution is -2.32. The molecule has 1 aromatic heterocycles. The van der Waals surface area contributed by atoms with Gasteiger partial charge in [0.25, 0.3) is 0 Å². The number of nitrogens with zero attached hydrogens (tertiary/aromatic N) is 3. The second-order valence-electron chi connectivity index (χ2n) is 5.88. The van der Waals surface area contributed by atoms with Gasteiger partial charge < -0.3 is 0 Å². The summed E-state index contributed by atoms with van der Waals surface area (Å²) in [4.78, 5) is 2.44. The van der Waals surface area contributed by atoms with E-state index in [1.54, 1.807) is 0 Å². The van der Waals surface area contributed by atoms with E-state index in [-0.39, 0.29) is 0 Å². The predicted molar refractivity (Wildman–Crippen MR) is 78.1 cm³/mol. The minimum atomic E-state index is 0.833. The van der Waals surface area contributed by atoms with Crippen LogP contribution in [0.2, 0.25) is 0 Å². The van der Waals surface area contributed by atoms with E-state index in [2.05, 4.69) is 53.3 Å². The quantitative estimate of drug-likeness (QED) is 0.859. The molecule has 0 aliphatic carbocycles. The molecule has 0 saturated carbocycles. The molecule has 0 amide bonds. The molecule has 0 spiro atoms. The van der Waals surface area contributed by atoms with Gasteiger partial charge in [-0.2, -0.15) is 0 Å². The Hall–Kier alpha value is -1.68. The Bertz CT molecular complexity index is 553. The molecule has 106 valence electrons. The summed E-state index contributed by atoms with van der Waals surface area (Å²) in [5.41, 5.74) is 4.15. The number of aryl methyl sites for hydroxylation is 1. The first-order valence-electron chi connectivity index (χ1n) is 7.33. The van der Waals surface area contributed by atoms with Crippen molar-refractivity contribution in [2.24, 2.45) is 5.92 Å². The van der Waals surface area contributed by atoms with Crippen LogP contribution >= 0.6 is 0 Å². The molecule has 2 heterocycles. The summed E-state index contributed by atoms with van der Waals surface area (Å²) in [6, 6.07) is 8.35. The number of hydrogen-bond donors (Lipinski definition) is 0. The van der Waals surface area contributed by atoms with E-state index >= 15 is 0 Å². The van der Waals surface area contributed by atoms with Crippen LogP contribution in [0.25, 0.3) is 11.3 Å². The standard InChI is InChI=1S/C16H21N3O/c1-12-3-5-14(6-4-12)16-15(17-20-18-16)11-19-9-7-13(2)8-10-19/h3-6,13H,7-11H2,1-2H3. The molecule has 2 aromatic rings. The predicted octanol–water partition coefficient (Wildman–Crippen LogP) is 3.28. The Balaban J connectivity index is 1.75. The average molecular weight is 271 g/mol. The van der Waals surface area contributed by atoms with Crippen molar-refractivity contribution in [1.29, 1.82) is 0 Å². The van der Waals surface area contributed by atoms with Crippen LogP contribution in [-0.2, 0) is 6.54 Å². The van der Waals surface area contributed by atoms with Gasteiger partial charge >= 0.3 is 0 Å². The fourth-order valence-corrected chi connectivity index (χ4v) is 2.67. The van der Waals surface area contributed by atoms with Crippen LogP contribution in [0.3, 0.4) is 0 Å². The molecule has 4 nitrogen and oxygen atoms in total. The van der Waals surface area contributed by atoms with Crippen molar-refractivity contribution < 1.29 is 4.63 Å². The van der Waals surface area contributed by atoms with Crippen LogP contribution in [0.4, 0.5) is 0 Å². The highest BCUT2D eigenvalue weighted by atomic mass is 16.6. The van der Waals surface area contributed by atoms with Gasteiger partial charge in [0.05, 0.1) is 0 Å². The van der Waals surface area contributed by atoms with E-state index in [0.717, 1.165) is 42.5 Å². The Labute approximate surface area is 119 Å². The lowest BCUT2D eigenvalue weighted by atomic mass is 9.99. The molecule has 1 aromatic carbocycles. The second kappa shape index (κ2) is 5.75. The highest BCUT2D eigenvalue weighted by molar-refractivity contribution is 5.61. The van der Waals surface area contributed by atoms with E-state index in [9.17, 15) is 0 Å². The highest BCUT2D eigenvalue weighted by Gasteiger charge is 2.20. The molecule has 0 N–H and O–H groups in total. The summed E-state index contributed by atoms with van der Waals surface area (Å²) >= 11 is 0. The van der Waals surface area contributed by atoms with Gasteiger partial charge in [-0.05, 0) is 43.9 Å². The van der Waals surface area contributed by atoms with Gasteiger partial charge in [0.2, 0.25) is 0 Å². The molecule has 0 bridgehead atoms. The molecular formula is C16H21N3O. The average Bonchev–Trinajstić information content (AvgIpc) is 2.90. The monoisotopic (exact) mass is 271 g/mol. The van der Waals surface area contributed by atoms with Crippen molar-refractivity contribution in [2.75, 3.05) is 13.1 Å². The molecule has 20 heavy (non-hydrogen) atoms. The fourth-order valence-electron chi connectivity index (χ4n) is 2.67. The van der Waals surface area contributed by atoms with Gasteiger partial charge in [0, 0.05) is 12.1 Å². The third-order valence-electron chi connectivity index (χ3n) is 4.13. The Morgan fingerprint density at radius 2 is 1.85 bits per heavy atom. The summed E-state index contributed by atoms with van der Waals surface area (Å²) in [6.07, 6.45) is 2.54. The summed E-state index contributed by atoms with van der Waals surface area (Å²) < 4.78 is 4.97. The third-order valence-corrected chi connectivity index (χ3v) is 4.13. The number of benzene rings is 1. The third kappa shape index (κ3) is 2.90. The molecule has 1 fully saturated rings. The SMILES string of the molecule is Cc1ccc(-c2nonc2CN2CCC(C)CC2)cc1. The first-order valence-corrected chi connectivity index (χ1v) is 7.33. The number of piperidine rings is 1. The molecule has 0 unspecified atom stereocenters. The fraction of sp³-hybridized carbons (Fsp3) is 0.500. The first kappa shape index (κ1) is 13.3. The molecule has 1 aliphatic heterocycles. The van der Waals surface area contributed by atoms with Crippen LogP contribution in [-0.4, -0.2) is 28.3 Å². The molecule has 1 aliphatic rings. The van der Waals surface area contributed by atoms with Crippen molar-refractivity contribution in [3.63, 3.8) is 0 Å². The summed E-state index contributed by atoms with van der Waals surface area (Å²) in [7, 11) is 0. The number of rotatable bonds is 3. The van der Waals surface area contributed by atoms with Crippen LogP contribution in [0.5, 0.6) is 0 Å². The summed E-state index contributed by atoms with van der Waals surface area (Å²) in [5.74, 6) is 0.846. The zero-order valence-electron chi connectivity index (χ0n) is 12.2. The lowest BCUT2D eigenvalue weighted by Gasteiger charge is -2.29. The normalized spacial score (nSPS) is 17.5. The largest absolute Gasteiger partial charge is 0.297 e. The van der Waals surface area contributed by atoms with Crippen LogP contribution < -0.4 is 0 Å². The molecule has 0 radical (unpaired) electrons. The molecule has 3 rings (SSSR count). The maximum absolute atomic E-state index is 4.97. The Morgan fingerprint density at radius 1 is 1.15 bits per heavy atom. The van der Waals surface area contributed by atoms with E-state index < -0.39 is 0 Å². The van der Waals surface area contributed by atoms with E-state index in [0.29, 0.717) is 0 Å². The maximum atomic E-state index is 4.97. The highest BCUT2D eigenvalue weighted by Crippen LogP contribution is 2.24. The van der Waals surface area contributed by atoms with Gasteiger partial charge in [0.15, 0.2) is 0 Å². The maximum Gasteiger partial charge on any atom is 0.139 e. The van der Waals surface area contributed by atoms with E-state index in [1.165, 1.54) is 18.4 Å². The minimum Gasteiger partial charge on any atom is -0.297 e. The topological polar surface area (TPSA) is 42.2 Å². The Morgan fingerprint density at radius 3 is 2.55 bits per heavy atom. The first-order chi connectivity index (χ1) is 9.72. The van der Waals surface area contributed by atoms with Crippen molar-refractivity contribution >= 4 is 0 Å². The van der Waals surface area contributed by atoms with Gasteiger partial charge in [0.1, 0.15) is 11.4 Å². The Kier molecular flexibility index (Phi) is 3.83. The summed E-state index contributed by atoms with van der Waals surface area (Å²) in [5, 5.41) is 8.18. The van der Waals surface area contributed by atoms with Crippen molar-refractivity contribution in [2.45, 2.75) is 33.2 Å². The van der Waals surface area contributed by atoms with Gasteiger partial charge in [-0.15, -0.1) is 0 Å². The van der Waals surface area contributed by atoms with Gasteiger partial charge in [-0.3, -0.25) is 4.90 Å².